The van der Waals surface area contributed by atoms with Crippen LogP contribution in [-0.2, 0) is 4.79 Å². The lowest BCUT2D eigenvalue weighted by Gasteiger charge is -2.22. The van der Waals surface area contributed by atoms with Crippen molar-refractivity contribution in [2.24, 2.45) is 5.73 Å². The molecule has 1 aromatic carbocycles. The van der Waals surface area contributed by atoms with Gasteiger partial charge in [0.25, 0.3) is 5.69 Å². The summed E-state index contributed by atoms with van der Waals surface area (Å²) in [5, 5.41) is 13.4. The van der Waals surface area contributed by atoms with E-state index < -0.39 is 10.5 Å². The summed E-state index contributed by atoms with van der Waals surface area (Å²) in [5.74, 6) is -0.291. The van der Waals surface area contributed by atoms with Crippen LogP contribution in [0.1, 0.15) is 25.7 Å². The molecule has 0 heterocycles. The van der Waals surface area contributed by atoms with Crippen LogP contribution in [-0.4, -0.2) is 16.4 Å². The Kier molecular flexibility index (Phi) is 3.73. The zero-order valence-electron chi connectivity index (χ0n) is 10.2. The van der Waals surface area contributed by atoms with Crippen LogP contribution in [0, 0.1) is 10.1 Å². The molecule has 19 heavy (non-hydrogen) atoms. The lowest BCUT2D eigenvalue weighted by atomic mass is 9.98. The Morgan fingerprint density at radius 2 is 2.05 bits per heavy atom. The number of carbonyl (C=O) groups is 1. The number of nitro groups is 1. The number of amides is 1. The first-order chi connectivity index (χ1) is 8.92. The monoisotopic (exact) mass is 283 g/mol. The lowest BCUT2D eigenvalue weighted by molar-refractivity contribution is -0.384. The number of hydrogen-bond donors (Lipinski definition) is 2. The Morgan fingerprint density at radius 3 is 2.58 bits per heavy atom. The molecular formula is C12H14ClN3O3. The van der Waals surface area contributed by atoms with Gasteiger partial charge in [0.2, 0.25) is 5.91 Å². The summed E-state index contributed by atoms with van der Waals surface area (Å²) in [6.45, 7) is 0. The number of non-ortho nitro benzene ring substituents is 1. The van der Waals surface area contributed by atoms with Crippen molar-refractivity contribution in [3.05, 3.63) is 33.3 Å². The van der Waals surface area contributed by atoms with Crippen LogP contribution in [0.3, 0.4) is 0 Å². The number of halogens is 1. The van der Waals surface area contributed by atoms with Crippen LogP contribution < -0.4 is 11.1 Å². The number of carbonyl (C=O) groups excluding carboxylic acids is 1. The number of nitrogens with zero attached hydrogens (tertiary/aromatic N) is 1. The summed E-state index contributed by atoms with van der Waals surface area (Å²) in [5.41, 5.74) is 5.38. The third kappa shape index (κ3) is 2.85. The van der Waals surface area contributed by atoms with Gasteiger partial charge in [0.1, 0.15) is 0 Å². The van der Waals surface area contributed by atoms with E-state index in [4.69, 9.17) is 17.3 Å². The maximum atomic E-state index is 12.1. The zero-order chi connectivity index (χ0) is 14.0. The number of nitrogens with two attached hydrogens (primary N) is 1. The second kappa shape index (κ2) is 5.14. The first-order valence-electron chi connectivity index (χ1n) is 5.97. The van der Waals surface area contributed by atoms with E-state index in [2.05, 4.69) is 5.32 Å². The molecule has 0 spiro atoms. The summed E-state index contributed by atoms with van der Waals surface area (Å²) < 4.78 is 0. The number of nitro benzene ring substituents is 1. The van der Waals surface area contributed by atoms with E-state index in [9.17, 15) is 14.9 Å². The van der Waals surface area contributed by atoms with Gasteiger partial charge in [-0.1, -0.05) is 24.4 Å². The van der Waals surface area contributed by atoms with Crippen LogP contribution in [0.4, 0.5) is 11.4 Å². The molecule has 2 rings (SSSR count). The Labute approximate surface area is 115 Å². The molecule has 1 aromatic rings. The highest BCUT2D eigenvalue weighted by atomic mass is 35.5. The molecule has 6 nitrogen and oxygen atoms in total. The molecule has 1 amide bonds. The van der Waals surface area contributed by atoms with E-state index in [0.717, 1.165) is 12.8 Å². The van der Waals surface area contributed by atoms with Gasteiger partial charge in [0.05, 0.1) is 21.2 Å². The molecule has 0 bridgehead atoms. The largest absolute Gasteiger partial charge is 0.323 e. The maximum Gasteiger partial charge on any atom is 0.271 e. The van der Waals surface area contributed by atoms with Crippen molar-refractivity contribution in [2.45, 2.75) is 31.2 Å². The van der Waals surface area contributed by atoms with Crippen LogP contribution in [0.25, 0.3) is 0 Å². The molecule has 0 radical (unpaired) electrons. The SMILES string of the molecule is NC1(C(=O)Nc2ccc([N+](=O)[O-])cc2Cl)CCCC1. The Bertz CT molecular complexity index is 527. The topological polar surface area (TPSA) is 98.3 Å². The smallest absolute Gasteiger partial charge is 0.271 e. The Morgan fingerprint density at radius 1 is 1.42 bits per heavy atom. The van der Waals surface area contributed by atoms with Gasteiger partial charge < -0.3 is 11.1 Å². The van der Waals surface area contributed by atoms with Crippen LogP contribution >= 0.6 is 11.6 Å². The van der Waals surface area contributed by atoms with Crippen molar-refractivity contribution in [1.82, 2.24) is 0 Å². The number of hydrogen-bond acceptors (Lipinski definition) is 4. The molecule has 0 aromatic heterocycles. The van der Waals surface area contributed by atoms with Gasteiger partial charge >= 0.3 is 0 Å². The fourth-order valence-electron chi connectivity index (χ4n) is 2.20. The molecule has 102 valence electrons. The van der Waals surface area contributed by atoms with Crippen LogP contribution in [0.2, 0.25) is 5.02 Å². The second-order valence-corrected chi connectivity index (χ2v) is 5.15. The normalized spacial score (nSPS) is 17.2. The van der Waals surface area contributed by atoms with Gasteiger partial charge in [-0.25, -0.2) is 0 Å². The molecule has 1 saturated carbocycles. The molecule has 0 aliphatic heterocycles. The van der Waals surface area contributed by atoms with Gasteiger partial charge in [-0.05, 0) is 18.9 Å². The number of anilines is 1. The van der Waals surface area contributed by atoms with Crippen LogP contribution in [0.5, 0.6) is 0 Å². The van der Waals surface area contributed by atoms with Gasteiger partial charge in [-0.15, -0.1) is 0 Å². The summed E-state index contributed by atoms with van der Waals surface area (Å²) in [6, 6.07) is 3.91. The standard InChI is InChI=1S/C12H14ClN3O3/c13-9-7-8(16(18)19)3-4-10(9)15-11(17)12(14)5-1-2-6-12/h3-4,7H,1-2,5-6,14H2,(H,15,17). The first-order valence-corrected chi connectivity index (χ1v) is 6.34. The first kappa shape index (κ1) is 13.8. The summed E-state index contributed by atoms with van der Waals surface area (Å²) in [7, 11) is 0. The molecule has 1 aliphatic carbocycles. The average molecular weight is 284 g/mol. The van der Waals surface area contributed by atoms with E-state index >= 15 is 0 Å². The molecule has 0 atom stereocenters. The van der Waals surface area contributed by atoms with Crippen molar-refractivity contribution in [1.29, 1.82) is 0 Å². The molecule has 0 saturated heterocycles. The van der Waals surface area contributed by atoms with Crippen molar-refractivity contribution >= 4 is 28.9 Å². The number of benzene rings is 1. The lowest BCUT2D eigenvalue weighted by Crippen LogP contribution is -2.48. The minimum atomic E-state index is -0.856. The van der Waals surface area contributed by atoms with Crippen molar-refractivity contribution in [3.63, 3.8) is 0 Å². The quantitative estimate of drug-likeness (QED) is 0.657. The minimum absolute atomic E-state index is 0.119. The van der Waals surface area contributed by atoms with E-state index in [-0.39, 0.29) is 16.6 Å². The molecule has 1 fully saturated rings. The van der Waals surface area contributed by atoms with Gasteiger partial charge in [-0.3, -0.25) is 14.9 Å². The summed E-state index contributed by atoms with van der Waals surface area (Å²) in [4.78, 5) is 22.1. The minimum Gasteiger partial charge on any atom is -0.323 e. The van der Waals surface area contributed by atoms with E-state index in [1.807, 2.05) is 0 Å². The number of rotatable bonds is 3. The molecule has 0 unspecified atom stereocenters. The Hall–Kier alpha value is -1.66. The predicted octanol–water partition coefficient (Wildman–Crippen LogP) is 2.46. The van der Waals surface area contributed by atoms with Gasteiger partial charge in [0.15, 0.2) is 0 Å². The highest BCUT2D eigenvalue weighted by Crippen LogP contribution is 2.31. The maximum absolute atomic E-state index is 12.1. The fourth-order valence-corrected chi connectivity index (χ4v) is 2.42. The molecular weight excluding hydrogens is 270 g/mol. The third-order valence-electron chi connectivity index (χ3n) is 3.36. The zero-order valence-corrected chi connectivity index (χ0v) is 10.9. The average Bonchev–Trinajstić information content (AvgIpc) is 2.80. The highest BCUT2D eigenvalue weighted by Gasteiger charge is 2.37. The molecule has 7 heteroatoms. The molecule has 3 N–H and O–H groups in total. The summed E-state index contributed by atoms with van der Waals surface area (Å²) >= 11 is 5.91. The predicted molar refractivity (Wildman–Crippen MR) is 72.1 cm³/mol. The summed E-state index contributed by atoms with van der Waals surface area (Å²) in [6.07, 6.45) is 3.14. The van der Waals surface area contributed by atoms with E-state index in [1.54, 1.807) is 0 Å². The highest BCUT2D eigenvalue weighted by molar-refractivity contribution is 6.34. The van der Waals surface area contributed by atoms with Gasteiger partial charge in [0, 0.05) is 12.1 Å². The third-order valence-corrected chi connectivity index (χ3v) is 3.67. The van der Waals surface area contributed by atoms with Crippen molar-refractivity contribution < 1.29 is 9.72 Å². The number of nitrogens with one attached hydrogen (secondary N) is 1. The van der Waals surface area contributed by atoms with E-state index in [0.29, 0.717) is 18.5 Å². The van der Waals surface area contributed by atoms with Crippen molar-refractivity contribution in [3.8, 4) is 0 Å². The van der Waals surface area contributed by atoms with Crippen molar-refractivity contribution in [2.75, 3.05) is 5.32 Å². The van der Waals surface area contributed by atoms with Crippen LogP contribution in [0.15, 0.2) is 18.2 Å². The fraction of sp³-hybridized carbons (Fsp3) is 0.417. The van der Waals surface area contributed by atoms with E-state index in [1.165, 1.54) is 18.2 Å². The Balaban J connectivity index is 2.15. The second-order valence-electron chi connectivity index (χ2n) is 4.74. The van der Waals surface area contributed by atoms with Gasteiger partial charge in [-0.2, -0.15) is 0 Å². The molecule has 1 aliphatic rings.